The van der Waals surface area contributed by atoms with Crippen LogP contribution in [-0.2, 0) is 19.1 Å². The van der Waals surface area contributed by atoms with Crippen molar-refractivity contribution in [1.82, 2.24) is 0 Å². The van der Waals surface area contributed by atoms with Gasteiger partial charge in [-0.2, -0.15) is 0 Å². The van der Waals surface area contributed by atoms with E-state index in [1.807, 2.05) is 13.8 Å². The van der Waals surface area contributed by atoms with Crippen molar-refractivity contribution >= 4 is 17.7 Å². The molecule has 0 amide bonds. The molecule has 5 nitrogen and oxygen atoms in total. The Morgan fingerprint density at radius 2 is 1.68 bits per heavy atom. The highest BCUT2D eigenvalue weighted by molar-refractivity contribution is 5.85. The molecule has 40 heavy (non-hydrogen) atoms. The van der Waals surface area contributed by atoms with Gasteiger partial charge in [0.2, 0.25) is 0 Å². The second kappa shape index (κ2) is 9.17. The molecule has 5 aliphatic carbocycles. The molecule has 0 radical (unpaired) electrons. The number of carbonyl (C=O) groups is 3. The molecule has 9 atom stereocenters. The number of aliphatic carboxylic acids is 1. The number of hydrogen-bond acceptors (Lipinski definition) is 4. The number of allylic oxidation sites excluding steroid dienone is 2. The van der Waals surface area contributed by atoms with Gasteiger partial charge in [0, 0.05) is 17.8 Å². The molecule has 0 aromatic heterocycles. The van der Waals surface area contributed by atoms with Gasteiger partial charge < -0.3 is 9.84 Å². The van der Waals surface area contributed by atoms with Crippen LogP contribution >= 0.6 is 0 Å². The lowest BCUT2D eigenvalue weighted by molar-refractivity contribution is -0.208. The molecule has 0 bridgehead atoms. The Morgan fingerprint density at radius 3 is 2.30 bits per heavy atom. The first-order valence-corrected chi connectivity index (χ1v) is 16.1. The van der Waals surface area contributed by atoms with Crippen LogP contribution in [0.3, 0.4) is 0 Å². The number of ether oxygens (including phenoxy) is 1. The highest BCUT2D eigenvalue weighted by atomic mass is 16.5. The Labute approximate surface area is 242 Å². The molecule has 0 aromatic carbocycles. The number of esters is 1. The third kappa shape index (κ3) is 3.80. The zero-order valence-corrected chi connectivity index (χ0v) is 26.6. The summed E-state index contributed by atoms with van der Waals surface area (Å²) in [6, 6.07) is 0. The molecule has 224 valence electrons. The maximum absolute atomic E-state index is 13.4. The Balaban J connectivity index is 1.59. The molecule has 1 N–H and O–H groups in total. The van der Waals surface area contributed by atoms with Crippen molar-refractivity contribution in [3.05, 3.63) is 11.6 Å². The average molecular weight is 555 g/mol. The minimum atomic E-state index is -1.08. The minimum absolute atomic E-state index is 0.0357. The molecule has 0 heterocycles. The Hall–Kier alpha value is -1.65. The molecule has 5 rings (SSSR count). The van der Waals surface area contributed by atoms with Crippen LogP contribution in [0.1, 0.15) is 127 Å². The van der Waals surface area contributed by atoms with Crippen molar-refractivity contribution in [3.63, 3.8) is 0 Å². The maximum Gasteiger partial charge on any atom is 0.314 e. The molecule has 5 aliphatic rings. The second-order valence-corrected chi connectivity index (χ2v) is 16.6. The van der Waals surface area contributed by atoms with Gasteiger partial charge in [-0.1, -0.05) is 74.0 Å². The standard InChI is InChI=1S/C35H54O5/c1-10-21(2)28(37)40-27-20-30(3,4)19-23-22-11-12-25-32(7)15-14-26(36)31(5,6)24(32)13-16-34(25,9)33(22,8)17-18-35(23,27)29(38)39/h11,21,23-25,27H,10,12-20H2,1-9H3,(H,38,39)/t21-,23+,24-,25-,27-,32+,33-,34-,35+/m1/s1. The number of carbonyl (C=O) groups excluding carboxylic acids is 2. The Morgan fingerprint density at radius 1 is 1.00 bits per heavy atom. The van der Waals surface area contributed by atoms with Crippen LogP contribution in [0, 0.1) is 56.2 Å². The van der Waals surface area contributed by atoms with Gasteiger partial charge in [0.1, 0.15) is 17.3 Å². The summed E-state index contributed by atoms with van der Waals surface area (Å²) in [7, 11) is 0. The summed E-state index contributed by atoms with van der Waals surface area (Å²) in [5, 5.41) is 11.0. The molecular formula is C35H54O5. The van der Waals surface area contributed by atoms with Crippen molar-refractivity contribution in [2.75, 3.05) is 0 Å². The second-order valence-electron chi connectivity index (χ2n) is 16.6. The van der Waals surface area contributed by atoms with Crippen molar-refractivity contribution in [2.45, 2.75) is 133 Å². The summed E-state index contributed by atoms with van der Waals surface area (Å²) >= 11 is 0. The maximum atomic E-state index is 13.4. The van der Waals surface area contributed by atoms with E-state index in [-0.39, 0.29) is 44.9 Å². The van der Waals surface area contributed by atoms with Gasteiger partial charge in [-0.05, 0) is 91.3 Å². The summed E-state index contributed by atoms with van der Waals surface area (Å²) in [5.74, 6) is -0.167. The van der Waals surface area contributed by atoms with E-state index in [1.54, 1.807) is 0 Å². The van der Waals surface area contributed by atoms with Crippen molar-refractivity contribution in [3.8, 4) is 0 Å². The van der Waals surface area contributed by atoms with E-state index in [4.69, 9.17) is 4.74 Å². The summed E-state index contributed by atoms with van der Waals surface area (Å²) in [6.45, 7) is 20.0. The summed E-state index contributed by atoms with van der Waals surface area (Å²) in [4.78, 5) is 39.5. The summed E-state index contributed by atoms with van der Waals surface area (Å²) in [6.07, 6.45) is 9.96. The molecule has 0 saturated heterocycles. The fraction of sp³-hybridized carbons (Fsp3) is 0.857. The third-order valence-corrected chi connectivity index (χ3v) is 14.0. The molecule has 0 aromatic rings. The van der Waals surface area contributed by atoms with Gasteiger partial charge in [0.15, 0.2) is 0 Å². The van der Waals surface area contributed by atoms with Gasteiger partial charge >= 0.3 is 11.9 Å². The quantitative estimate of drug-likeness (QED) is 0.281. The number of Topliss-reactive ketones (excluding diaryl/α,β-unsaturated/α-hetero) is 1. The van der Waals surface area contributed by atoms with Gasteiger partial charge in [-0.25, -0.2) is 0 Å². The molecule has 0 unspecified atom stereocenters. The molecule has 4 saturated carbocycles. The number of rotatable bonds is 4. The molecule has 4 fully saturated rings. The van der Waals surface area contributed by atoms with E-state index in [9.17, 15) is 19.5 Å². The highest BCUT2D eigenvalue weighted by Gasteiger charge is 2.71. The molecule has 5 heteroatoms. The van der Waals surface area contributed by atoms with Gasteiger partial charge in [-0.15, -0.1) is 0 Å². The first-order chi connectivity index (χ1) is 18.4. The van der Waals surface area contributed by atoms with Crippen LogP contribution in [-0.4, -0.2) is 28.9 Å². The van der Waals surface area contributed by atoms with E-state index in [2.05, 4.69) is 54.5 Å². The Kier molecular flexibility index (Phi) is 6.84. The summed E-state index contributed by atoms with van der Waals surface area (Å²) in [5.41, 5.74) is -0.149. The fourth-order valence-corrected chi connectivity index (χ4v) is 11.2. The zero-order valence-electron chi connectivity index (χ0n) is 26.6. The van der Waals surface area contributed by atoms with Crippen molar-refractivity contribution in [1.29, 1.82) is 0 Å². The average Bonchev–Trinajstić information content (AvgIpc) is 2.85. The van der Waals surface area contributed by atoms with E-state index >= 15 is 0 Å². The first kappa shape index (κ1) is 29.8. The van der Waals surface area contributed by atoms with Crippen LogP contribution in [0.4, 0.5) is 0 Å². The van der Waals surface area contributed by atoms with Crippen LogP contribution < -0.4 is 0 Å². The van der Waals surface area contributed by atoms with Gasteiger partial charge in [0.25, 0.3) is 0 Å². The number of hydrogen-bond donors (Lipinski definition) is 1. The lowest BCUT2D eigenvalue weighted by Gasteiger charge is -2.70. The van der Waals surface area contributed by atoms with E-state index in [1.165, 1.54) is 5.57 Å². The first-order valence-electron chi connectivity index (χ1n) is 16.1. The molecular weight excluding hydrogens is 500 g/mol. The number of carboxylic acid groups (broad SMARTS) is 1. The number of fused-ring (bicyclic) bond motifs is 7. The predicted molar refractivity (Wildman–Crippen MR) is 156 cm³/mol. The lowest BCUT2D eigenvalue weighted by Crippen LogP contribution is -2.66. The number of carboxylic acids is 1. The summed E-state index contributed by atoms with van der Waals surface area (Å²) < 4.78 is 6.20. The zero-order chi connectivity index (χ0) is 29.7. The van der Waals surface area contributed by atoms with E-state index in [0.29, 0.717) is 43.3 Å². The third-order valence-electron chi connectivity index (χ3n) is 14.0. The minimum Gasteiger partial charge on any atom is -0.481 e. The normalized spacial score (nSPS) is 46.0. The largest absolute Gasteiger partial charge is 0.481 e. The van der Waals surface area contributed by atoms with Crippen LogP contribution in [0.2, 0.25) is 0 Å². The van der Waals surface area contributed by atoms with Crippen LogP contribution in [0.15, 0.2) is 11.6 Å². The van der Waals surface area contributed by atoms with E-state index in [0.717, 1.165) is 38.5 Å². The smallest absolute Gasteiger partial charge is 0.314 e. The highest BCUT2D eigenvalue weighted by Crippen LogP contribution is 2.75. The molecule has 0 aliphatic heterocycles. The number of ketones is 1. The van der Waals surface area contributed by atoms with Crippen molar-refractivity contribution < 1.29 is 24.2 Å². The van der Waals surface area contributed by atoms with Crippen LogP contribution in [0.25, 0.3) is 0 Å². The SMILES string of the molecule is CC[C@@H](C)C(=O)O[C@@H]1CC(C)(C)C[C@H]2C3=CC[C@@H]4[C@@]5(C)CCC(=O)C(C)(C)[C@H]5CC[C@@]4(C)[C@]3(C)CC[C@@]12C(=O)O. The molecule has 0 spiro atoms. The monoisotopic (exact) mass is 554 g/mol. The van der Waals surface area contributed by atoms with Crippen LogP contribution in [0.5, 0.6) is 0 Å². The fourth-order valence-electron chi connectivity index (χ4n) is 11.2. The van der Waals surface area contributed by atoms with Crippen molar-refractivity contribution in [2.24, 2.45) is 56.2 Å². The lowest BCUT2D eigenvalue weighted by atomic mass is 9.33. The predicted octanol–water partition coefficient (Wildman–Crippen LogP) is 8.01. The topological polar surface area (TPSA) is 80.7 Å². The van der Waals surface area contributed by atoms with Gasteiger partial charge in [0.05, 0.1) is 5.92 Å². The van der Waals surface area contributed by atoms with E-state index < -0.39 is 17.5 Å². The van der Waals surface area contributed by atoms with Gasteiger partial charge in [-0.3, -0.25) is 14.4 Å². The Bertz CT molecular complexity index is 1130.